The third-order valence-corrected chi connectivity index (χ3v) is 4.84. The first-order valence-electron chi connectivity index (χ1n) is 6.57. The Labute approximate surface area is 135 Å². The van der Waals surface area contributed by atoms with Crippen molar-refractivity contribution in [1.29, 1.82) is 0 Å². The van der Waals surface area contributed by atoms with E-state index < -0.39 is 0 Å². The maximum absolute atomic E-state index is 5.95. The molecule has 0 saturated carbocycles. The van der Waals surface area contributed by atoms with Crippen molar-refractivity contribution in [3.63, 3.8) is 0 Å². The maximum atomic E-state index is 5.95. The molecular formula is C16H15Br2NO. The lowest BCUT2D eigenvalue weighted by Crippen LogP contribution is -2.23. The number of anilines is 1. The zero-order chi connectivity index (χ0) is 14.1. The molecule has 3 rings (SSSR count). The van der Waals surface area contributed by atoms with E-state index in [-0.39, 0.29) is 6.10 Å². The second-order valence-electron chi connectivity index (χ2n) is 5.04. The largest absolute Gasteiger partial charge is 0.488 e. The van der Waals surface area contributed by atoms with Crippen LogP contribution in [-0.2, 0) is 6.42 Å². The fourth-order valence-corrected chi connectivity index (χ4v) is 3.04. The zero-order valence-electron chi connectivity index (χ0n) is 11.1. The average molecular weight is 397 g/mol. The molecule has 2 aromatic carbocycles. The van der Waals surface area contributed by atoms with Crippen LogP contribution in [0.5, 0.6) is 5.75 Å². The monoisotopic (exact) mass is 395 g/mol. The third-order valence-electron chi connectivity index (χ3n) is 3.46. The molecule has 0 amide bonds. The number of ether oxygens (including phenoxy) is 1. The minimum Gasteiger partial charge on any atom is -0.488 e. The van der Waals surface area contributed by atoms with Crippen LogP contribution in [0.2, 0.25) is 0 Å². The molecule has 104 valence electrons. The van der Waals surface area contributed by atoms with Gasteiger partial charge >= 0.3 is 0 Å². The summed E-state index contributed by atoms with van der Waals surface area (Å²) in [5.41, 5.74) is 3.64. The molecular weight excluding hydrogens is 382 g/mol. The van der Waals surface area contributed by atoms with E-state index in [9.17, 15) is 0 Å². The average Bonchev–Trinajstić information content (AvgIpc) is 2.82. The summed E-state index contributed by atoms with van der Waals surface area (Å²) in [6, 6.07) is 12.5. The van der Waals surface area contributed by atoms with Crippen LogP contribution in [0, 0.1) is 6.92 Å². The van der Waals surface area contributed by atoms with Crippen molar-refractivity contribution in [2.45, 2.75) is 19.4 Å². The van der Waals surface area contributed by atoms with Crippen molar-refractivity contribution in [2.75, 3.05) is 11.9 Å². The lowest BCUT2D eigenvalue weighted by Gasteiger charge is -2.13. The van der Waals surface area contributed by atoms with Gasteiger partial charge in [-0.05, 0) is 54.4 Å². The molecule has 2 aromatic rings. The van der Waals surface area contributed by atoms with Gasteiger partial charge in [0.15, 0.2) is 0 Å². The summed E-state index contributed by atoms with van der Waals surface area (Å²) < 4.78 is 8.19. The van der Waals surface area contributed by atoms with E-state index in [0.717, 1.165) is 33.3 Å². The fourth-order valence-electron chi connectivity index (χ4n) is 2.39. The highest BCUT2D eigenvalue weighted by Crippen LogP contribution is 2.31. The van der Waals surface area contributed by atoms with Crippen LogP contribution >= 0.6 is 31.9 Å². The van der Waals surface area contributed by atoms with Crippen LogP contribution < -0.4 is 10.1 Å². The number of hydrogen-bond donors (Lipinski definition) is 1. The standard InChI is InChI=1S/C16H15Br2NO/c1-10-6-13(3-4-15(10)18)19-9-14-8-11-7-12(17)2-5-16(11)20-14/h2-7,14,19H,8-9H2,1H3. The normalized spacial score (nSPS) is 16.6. The predicted octanol–water partition coefficient (Wildman–Crippen LogP) is 4.94. The van der Waals surface area contributed by atoms with Crippen molar-refractivity contribution in [3.8, 4) is 5.75 Å². The Morgan fingerprint density at radius 1 is 1.20 bits per heavy atom. The summed E-state index contributed by atoms with van der Waals surface area (Å²) in [4.78, 5) is 0. The lowest BCUT2D eigenvalue weighted by molar-refractivity contribution is 0.246. The highest BCUT2D eigenvalue weighted by atomic mass is 79.9. The van der Waals surface area contributed by atoms with Gasteiger partial charge in [-0.3, -0.25) is 0 Å². The van der Waals surface area contributed by atoms with Crippen molar-refractivity contribution >= 4 is 37.5 Å². The van der Waals surface area contributed by atoms with Gasteiger partial charge in [0.1, 0.15) is 11.9 Å². The molecule has 0 fully saturated rings. The molecule has 20 heavy (non-hydrogen) atoms. The maximum Gasteiger partial charge on any atom is 0.123 e. The molecule has 0 bridgehead atoms. The van der Waals surface area contributed by atoms with Gasteiger partial charge in [0.25, 0.3) is 0 Å². The predicted molar refractivity (Wildman–Crippen MR) is 89.6 cm³/mol. The first kappa shape index (κ1) is 14.0. The molecule has 0 saturated heterocycles. The van der Waals surface area contributed by atoms with E-state index in [4.69, 9.17) is 4.74 Å². The number of fused-ring (bicyclic) bond motifs is 1. The second kappa shape index (κ2) is 5.78. The van der Waals surface area contributed by atoms with Gasteiger partial charge in [0.05, 0.1) is 6.54 Å². The minimum atomic E-state index is 0.197. The van der Waals surface area contributed by atoms with Crippen molar-refractivity contribution < 1.29 is 4.74 Å². The molecule has 0 spiro atoms. The van der Waals surface area contributed by atoms with Gasteiger partial charge < -0.3 is 10.1 Å². The molecule has 0 radical (unpaired) electrons. The topological polar surface area (TPSA) is 21.3 Å². The smallest absolute Gasteiger partial charge is 0.123 e. The van der Waals surface area contributed by atoms with Crippen LogP contribution in [0.4, 0.5) is 5.69 Å². The summed E-state index contributed by atoms with van der Waals surface area (Å²) in [5.74, 6) is 1.01. The van der Waals surface area contributed by atoms with Crippen molar-refractivity contribution in [3.05, 3.63) is 56.5 Å². The van der Waals surface area contributed by atoms with E-state index in [0.29, 0.717) is 0 Å². The first-order chi connectivity index (χ1) is 9.61. The lowest BCUT2D eigenvalue weighted by atomic mass is 10.1. The SMILES string of the molecule is Cc1cc(NCC2Cc3cc(Br)ccc3O2)ccc1Br. The van der Waals surface area contributed by atoms with Gasteiger partial charge in [0, 0.05) is 21.1 Å². The number of rotatable bonds is 3. The van der Waals surface area contributed by atoms with Gasteiger partial charge in [-0.1, -0.05) is 31.9 Å². The second-order valence-corrected chi connectivity index (χ2v) is 6.81. The molecule has 1 unspecified atom stereocenters. The van der Waals surface area contributed by atoms with E-state index in [1.165, 1.54) is 11.1 Å². The number of benzene rings is 2. The van der Waals surface area contributed by atoms with Gasteiger partial charge in [-0.25, -0.2) is 0 Å². The molecule has 4 heteroatoms. The van der Waals surface area contributed by atoms with Crippen molar-refractivity contribution in [2.24, 2.45) is 0 Å². The molecule has 1 aliphatic heterocycles. The fraction of sp³-hybridized carbons (Fsp3) is 0.250. The van der Waals surface area contributed by atoms with Crippen LogP contribution in [0.15, 0.2) is 45.3 Å². The van der Waals surface area contributed by atoms with E-state index in [1.54, 1.807) is 0 Å². The summed E-state index contributed by atoms with van der Waals surface area (Å²) in [6.45, 7) is 2.90. The van der Waals surface area contributed by atoms with E-state index >= 15 is 0 Å². The number of hydrogen-bond acceptors (Lipinski definition) is 2. The zero-order valence-corrected chi connectivity index (χ0v) is 14.3. The van der Waals surface area contributed by atoms with Crippen LogP contribution in [-0.4, -0.2) is 12.6 Å². The molecule has 1 atom stereocenters. The van der Waals surface area contributed by atoms with Gasteiger partial charge in [-0.2, -0.15) is 0 Å². The third kappa shape index (κ3) is 3.01. The number of aryl methyl sites for hydroxylation is 1. The quantitative estimate of drug-likeness (QED) is 0.793. The Kier molecular flexibility index (Phi) is 4.03. The molecule has 2 nitrogen and oxygen atoms in total. The number of halogens is 2. The summed E-state index contributed by atoms with van der Waals surface area (Å²) in [7, 11) is 0. The summed E-state index contributed by atoms with van der Waals surface area (Å²) in [6.07, 6.45) is 1.15. The van der Waals surface area contributed by atoms with Crippen LogP contribution in [0.1, 0.15) is 11.1 Å². The summed E-state index contributed by atoms with van der Waals surface area (Å²) >= 11 is 7.02. The Hall–Kier alpha value is -1.00. The van der Waals surface area contributed by atoms with E-state index in [1.807, 2.05) is 12.1 Å². The van der Waals surface area contributed by atoms with Crippen molar-refractivity contribution in [1.82, 2.24) is 0 Å². The van der Waals surface area contributed by atoms with Gasteiger partial charge in [0.2, 0.25) is 0 Å². The highest BCUT2D eigenvalue weighted by molar-refractivity contribution is 9.10. The molecule has 1 N–H and O–H groups in total. The summed E-state index contributed by atoms with van der Waals surface area (Å²) in [5, 5.41) is 3.45. The van der Waals surface area contributed by atoms with Crippen LogP contribution in [0.25, 0.3) is 0 Å². The molecule has 1 aliphatic rings. The highest BCUT2D eigenvalue weighted by Gasteiger charge is 2.22. The van der Waals surface area contributed by atoms with Crippen LogP contribution in [0.3, 0.4) is 0 Å². The molecule has 0 aliphatic carbocycles. The Balaban J connectivity index is 1.62. The molecule has 1 heterocycles. The number of nitrogens with one attached hydrogen (secondary N) is 1. The van der Waals surface area contributed by atoms with Gasteiger partial charge in [-0.15, -0.1) is 0 Å². The Morgan fingerprint density at radius 2 is 2.05 bits per heavy atom. The molecule has 0 aromatic heterocycles. The van der Waals surface area contributed by atoms with E-state index in [2.05, 4.69) is 68.4 Å². The minimum absolute atomic E-state index is 0.197. The first-order valence-corrected chi connectivity index (χ1v) is 8.15. The Bertz CT molecular complexity index is 642. The Morgan fingerprint density at radius 3 is 2.85 bits per heavy atom.